The van der Waals surface area contributed by atoms with Crippen molar-refractivity contribution < 1.29 is 17.6 Å². The van der Waals surface area contributed by atoms with Gasteiger partial charge in [0.05, 0.1) is 16.3 Å². The zero-order valence-corrected chi connectivity index (χ0v) is 19.6. The number of aromatic nitrogens is 3. The Morgan fingerprint density at radius 1 is 1.03 bits per heavy atom. The number of hydrogen-bond donors (Lipinski definition) is 1. The van der Waals surface area contributed by atoms with Crippen molar-refractivity contribution >= 4 is 38.1 Å². The summed E-state index contributed by atoms with van der Waals surface area (Å²) in [7, 11) is -3.90. The van der Waals surface area contributed by atoms with E-state index in [0.29, 0.717) is 22.5 Å². The summed E-state index contributed by atoms with van der Waals surface area (Å²) >= 11 is 0. The molecule has 1 amide bonds. The van der Waals surface area contributed by atoms with E-state index in [1.165, 1.54) is 18.2 Å². The van der Waals surface area contributed by atoms with E-state index in [9.17, 15) is 17.6 Å². The average Bonchev–Trinajstić information content (AvgIpc) is 3.22. The standard InChI is InChI=1S/C25H22FN5O3S/c26-18-12-11-17(25-29-28-22-10-2-1-3-13-30(22)25)14-19(18)27-23(32)15-31-20-8-4-6-16-7-5-9-21(24(16)20)35(31,33)34/h4-9,11-12,14H,1-3,10,13,15H2,(H,27,32). The number of sulfonamides is 1. The second kappa shape index (κ2) is 8.16. The van der Waals surface area contributed by atoms with Gasteiger partial charge in [-0.2, -0.15) is 0 Å². The van der Waals surface area contributed by atoms with Gasteiger partial charge in [0.1, 0.15) is 18.2 Å². The van der Waals surface area contributed by atoms with Crippen LogP contribution >= 0.6 is 0 Å². The highest BCUT2D eigenvalue weighted by Crippen LogP contribution is 2.41. The lowest BCUT2D eigenvalue weighted by Crippen LogP contribution is -2.35. The van der Waals surface area contributed by atoms with Gasteiger partial charge in [0.15, 0.2) is 5.82 Å². The Balaban J connectivity index is 1.28. The van der Waals surface area contributed by atoms with Crippen LogP contribution in [0.15, 0.2) is 59.5 Å². The molecular formula is C25H22FN5O3S. The normalized spacial score (nSPS) is 16.2. The molecule has 0 aliphatic carbocycles. The summed E-state index contributed by atoms with van der Waals surface area (Å²) in [4.78, 5) is 13.1. The first-order chi connectivity index (χ1) is 16.9. The van der Waals surface area contributed by atoms with E-state index in [-0.39, 0.29) is 10.6 Å². The maximum atomic E-state index is 14.7. The van der Waals surface area contributed by atoms with Gasteiger partial charge in [-0.1, -0.05) is 30.7 Å². The highest BCUT2D eigenvalue weighted by atomic mass is 32.2. The Labute approximate surface area is 201 Å². The van der Waals surface area contributed by atoms with E-state index < -0.39 is 28.3 Å². The molecule has 35 heavy (non-hydrogen) atoms. The molecule has 1 N–H and O–H groups in total. The number of amides is 1. The van der Waals surface area contributed by atoms with Crippen molar-refractivity contribution in [3.05, 3.63) is 66.2 Å². The SMILES string of the molecule is O=C(CN1c2cccc3cccc(c23)S1(=O)=O)Nc1cc(-c2nnc3n2CCCCC3)ccc1F. The summed E-state index contributed by atoms with van der Waals surface area (Å²) in [5.74, 6) is 0.268. The summed E-state index contributed by atoms with van der Waals surface area (Å²) in [5, 5.41) is 12.5. The molecule has 2 aliphatic heterocycles. The molecule has 178 valence electrons. The summed E-state index contributed by atoms with van der Waals surface area (Å²) in [5.41, 5.74) is 1.03. The van der Waals surface area contributed by atoms with Crippen LogP contribution in [0, 0.1) is 5.82 Å². The van der Waals surface area contributed by atoms with Crippen LogP contribution in [0.3, 0.4) is 0 Å². The van der Waals surface area contributed by atoms with Gasteiger partial charge < -0.3 is 9.88 Å². The molecule has 0 saturated heterocycles. The molecule has 0 spiro atoms. The first-order valence-electron chi connectivity index (χ1n) is 11.5. The van der Waals surface area contributed by atoms with Gasteiger partial charge in [-0.25, -0.2) is 12.8 Å². The lowest BCUT2D eigenvalue weighted by atomic mass is 10.1. The Bertz CT molecular complexity index is 1590. The fourth-order valence-electron chi connectivity index (χ4n) is 4.91. The first kappa shape index (κ1) is 21.7. The van der Waals surface area contributed by atoms with Gasteiger partial charge in [-0.3, -0.25) is 9.10 Å². The summed E-state index contributed by atoms with van der Waals surface area (Å²) in [6.45, 7) is 0.315. The number of aryl methyl sites for hydroxylation is 1. The van der Waals surface area contributed by atoms with Crippen LogP contribution in [0.2, 0.25) is 0 Å². The molecule has 0 bridgehead atoms. The van der Waals surface area contributed by atoms with Crippen molar-refractivity contribution in [3.8, 4) is 11.4 Å². The monoisotopic (exact) mass is 491 g/mol. The van der Waals surface area contributed by atoms with Crippen LogP contribution in [0.25, 0.3) is 22.2 Å². The van der Waals surface area contributed by atoms with Gasteiger partial charge in [0.25, 0.3) is 10.0 Å². The summed E-state index contributed by atoms with van der Waals surface area (Å²) in [6, 6.07) is 14.7. The van der Waals surface area contributed by atoms with Crippen LogP contribution in [0.5, 0.6) is 0 Å². The van der Waals surface area contributed by atoms with Crippen LogP contribution in [-0.2, 0) is 27.8 Å². The molecule has 0 atom stereocenters. The van der Waals surface area contributed by atoms with Gasteiger partial charge in [0.2, 0.25) is 5.91 Å². The van der Waals surface area contributed by atoms with Gasteiger partial charge in [-0.15, -0.1) is 10.2 Å². The first-order valence-corrected chi connectivity index (χ1v) is 12.9. The highest BCUT2D eigenvalue weighted by Gasteiger charge is 2.36. The third-order valence-electron chi connectivity index (χ3n) is 6.58. The van der Waals surface area contributed by atoms with Crippen LogP contribution < -0.4 is 9.62 Å². The molecule has 6 rings (SSSR count). The minimum absolute atomic E-state index is 0.0363. The van der Waals surface area contributed by atoms with E-state index in [0.717, 1.165) is 47.7 Å². The maximum Gasteiger partial charge on any atom is 0.265 e. The predicted octanol–water partition coefficient (Wildman–Crippen LogP) is 4.11. The summed E-state index contributed by atoms with van der Waals surface area (Å²) in [6.07, 6.45) is 4.03. The van der Waals surface area contributed by atoms with Gasteiger partial charge in [0, 0.05) is 23.9 Å². The summed E-state index contributed by atoms with van der Waals surface area (Å²) < 4.78 is 44.1. The molecule has 2 aliphatic rings. The molecule has 4 aromatic rings. The second-order valence-corrected chi connectivity index (χ2v) is 10.6. The van der Waals surface area contributed by atoms with Gasteiger partial charge in [-0.05, 0) is 48.6 Å². The average molecular weight is 492 g/mol. The van der Waals surface area contributed by atoms with E-state index >= 15 is 0 Å². The van der Waals surface area contributed by atoms with Crippen molar-refractivity contribution in [2.75, 3.05) is 16.2 Å². The van der Waals surface area contributed by atoms with Gasteiger partial charge >= 0.3 is 0 Å². The zero-order valence-electron chi connectivity index (χ0n) is 18.7. The molecule has 1 aromatic heterocycles. The quantitative estimate of drug-likeness (QED) is 0.463. The van der Waals surface area contributed by atoms with Crippen molar-refractivity contribution in [1.29, 1.82) is 0 Å². The Kier molecular flexibility index (Phi) is 5.06. The maximum absolute atomic E-state index is 14.7. The van der Waals surface area contributed by atoms with Crippen molar-refractivity contribution in [2.24, 2.45) is 0 Å². The largest absolute Gasteiger partial charge is 0.322 e. The van der Waals surface area contributed by atoms with Crippen molar-refractivity contribution in [2.45, 2.75) is 37.1 Å². The molecule has 0 unspecified atom stereocenters. The lowest BCUT2D eigenvalue weighted by molar-refractivity contribution is -0.114. The van der Waals surface area contributed by atoms with Crippen LogP contribution in [-0.4, -0.2) is 35.6 Å². The minimum Gasteiger partial charge on any atom is -0.322 e. The van der Waals surface area contributed by atoms with E-state index in [4.69, 9.17) is 0 Å². The number of hydrogen-bond acceptors (Lipinski definition) is 5. The highest BCUT2D eigenvalue weighted by molar-refractivity contribution is 7.93. The number of nitrogens with one attached hydrogen (secondary N) is 1. The molecule has 10 heteroatoms. The minimum atomic E-state index is -3.90. The van der Waals surface area contributed by atoms with Crippen LogP contribution in [0.1, 0.15) is 25.1 Å². The zero-order chi connectivity index (χ0) is 24.2. The number of carbonyl (C=O) groups is 1. The number of nitrogens with zero attached hydrogens (tertiary/aromatic N) is 4. The lowest BCUT2D eigenvalue weighted by Gasteiger charge is -2.18. The predicted molar refractivity (Wildman–Crippen MR) is 130 cm³/mol. The number of anilines is 2. The van der Waals surface area contributed by atoms with E-state index in [2.05, 4.69) is 15.5 Å². The van der Waals surface area contributed by atoms with E-state index in [1.807, 2.05) is 16.7 Å². The van der Waals surface area contributed by atoms with Crippen LogP contribution in [0.4, 0.5) is 15.8 Å². The smallest absolute Gasteiger partial charge is 0.265 e. The molecule has 3 heterocycles. The fourth-order valence-corrected chi connectivity index (χ4v) is 6.57. The Hall–Kier alpha value is -3.79. The molecule has 0 saturated carbocycles. The number of carbonyl (C=O) groups excluding carboxylic acids is 1. The third-order valence-corrected chi connectivity index (χ3v) is 8.38. The van der Waals surface area contributed by atoms with Crippen molar-refractivity contribution in [3.63, 3.8) is 0 Å². The number of benzene rings is 3. The third kappa shape index (κ3) is 3.56. The molecule has 3 aromatic carbocycles. The Morgan fingerprint density at radius 3 is 2.71 bits per heavy atom. The number of rotatable bonds is 4. The molecule has 0 radical (unpaired) electrons. The molecule has 8 nitrogen and oxygen atoms in total. The number of halogens is 1. The fraction of sp³-hybridized carbons (Fsp3) is 0.240. The second-order valence-electron chi connectivity index (χ2n) is 8.79. The molecular weight excluding hydrogens is 469 g/mol. The van der Waals surface area contributed by atoms with E-state index in [1.54, 1.807) is 24.3 Å². The topological polar surface area (TPSA) is 97.2 Å². The van der Waals surface area contributed by atoms with Crippen molar-refractivity contribution in [1.82, 2.24) is 14.8 Å². The Morgan fingerprint density at radius 2 is 1.86 bits per heavy atom. The number of fused-ring (bicyclic) bond motifs is 1. The molecule has 0 fully saturated rings.